The molecule has 0 radical (unpaired) electrons. The SMILES string of the molecule is Cc1cc(/C=C2\SC(=O)NC2=O)c(C)n1-c1ccc(-c2ccccc2)cc1. The predicted molar refractivity (Wildman–Crippen MR) is 110 cm³/mol. The fraction of sp³-hybridized carbons (Fsp3) is 0.0909. The van der Waals surface area contributed by atoms with E-state index in [2.05, 4.69) is 46.3 Å². The smallest absolute Gasteiger partial charge is 0.290 e. The summed E-state index contributed by atoms with van der Waals surface area (Å²) in [6.45, 7) is 4.05. The molecule has 1 aliphatic heterocycles. The number of nitrogens with one attached hydrogen (secondary N) is 1. The molecule has 1 aliphatic rings. The molecule has 134 valence electrons. The molecule has 3 aromatic rings. The van der Waals surface area contributed by atoms with Crippen molar-refractivity contribution in [2.45, 2.75) is 13.8 Å². The van der Waals surface area contributed by atoms with Crippen LogP contribution in [0.5, 0.6) is 0 Å². The second-order valence-corrected chi connectivity index (χ2v) is 7.44. The Morgan fingerprint density at radius 3 is 2.22 bits per heavy atom. The van der Waals surface area contributed by atoms with Crippen molar-refractivity contribution in [1.82, 2.24) is 9.88 Å². The Labute approximate surface area is 161 Å². The average Bonchev–Trinajstić information content (AvgIpc) is 3.13. The van der Waals surface area contributed by atoms with Crippen LogP contribution in [0.25, 0.3) is 22.9 Å². The Kier molecular flexibility index (Phi) is 4.46. The van der Waals surface area contributed by atoms with Crippen LogP contribution in [-0.4, -0.2) is 15.7 Å². The van der Waals surface area contributed by atoms with Crippen LogP contribution in [0, 0.1) is 13.8 Å². The predicted octanol–water partition coefficient (Wildman–Crippen LogP) is 5.09. The van der Waals surface area contributed by atoms with Gasteiger partial charge in [0.05, 0.1) is 4.91 Å². The van der Waals surface area contributed by atoms with Gasteiger partial charge in [-0.25, -0.2) is 0 Å². The zero-order chi connectivity index (χ0) is 19.0. The van der Waals surface area contributed by atoms with E-state index in [4.69, 9.17) is 0 Å². The number of rotatable bonds is 3. The second-order valence-electron chi connectivity index (χ2n) is 6.43. The Bertz CT molecular complexity index is 1060. The maximum Gasteiger partial charge on any atom is 0.290 e. The first kappa shape index (κ1) is 17.4. The molecule has 0 saturated carbocycles. The van der Waals surface area contributed by atoms with Crippen molar-refractivity contribution >= 4 is 29.0 Å². The molecule has 2 amide bonds. The normalized spacial score (nSPS) is 15.4. The van der Waals surface area contributed by atoms with Crippen LogP contribution < -0.4 is 5.32 Å². The highest BCUT2D eigenvalue weighted by Gasteiger charge is 2.25. The Morgan fingerprint density at radius 1 is 0.926 bits per heavy atom. The van der Waals surface area contributed by atoms with E-state index in [1.165, 1.54) is 11.1 Å². The summed E-state index contributed by atoms with van der Waals surface area (Å²) in [5, 5.41) is 1.97. The fourth-order valence-electron chi connectivity index (χ4n) is 3.33. The molecule has 1 fully saturated rings. The molecule has 5 heteroatoms. The number of carbonyl (C=O) groups excluding carboxylic acids is 2. The molecule has 2 heterocycles. The summed E-state index contributed by atoms with van der Waals surface area (Å²) in [6.07, 6.45) is 1.78. The highest BCUT2D eigenvalue weighted by molar-refractivity contribution is 8.18. The lowest BCUT2D eigenvalue weighted by Gasteiger charge is -2.11. The molecule has 0 bridgehead atoms. The summed E-state index contributed by atoms with van der Waals surface area (Å²) >= 11 is 0.940. The van der Waals surface area contributed by atoms with Gasteiger partial charge in [-0.1, -0.05) is 42.5 Å². The van der Waals surface area contributed by atoms with Gasteiger partial charge in [-0.15, -0.1) is 0 Å². The molecular weight excluding hydrogens is 356 g/mol. The molecule has 1 aromatic heterocycles. The third kappa shape index (κ3) is 3.34. The maximum atomic E-state index is 11.8. The van der Waals surface area contributed by atoms with E-state index in [9.17, 15) is 9.59 Å². The van der Waals surface area contributed by atoms with Gasteiger partial charge in [0.15, 0.2) is 0 Å². The van der Waals surface area contributed by atoms with E-state index in [1.54, 1.807) is 6.08 Å². The third-order valence-electron chi connectivity index (χ3n) is 4.63. The van der Waals surface area contributed by atoms with Crippen molar-refractivity contribution in [1.29, 1.82) is 0 Å². The first-order valence-electron chi connectivity index (χ1n) is 8.62. The standard InChI is InChI=1S/C22H18N2O2S/c1-14-12-18(13-20-21(25)23-22(26)27-20)15(2)24(14)19-10-8-17(9-11-19)16-6-4-3-5-7-16/h3-13H,1-2H3,(H,23,25,26)/b20-13-. The van der Waals surface area contributed by atoms with E-state index >= 15 is 0 Å². The lowest BCUT2D eigenvalue weighted by Crippen LogP contribution is -2.17. The molecule has 1 saturated heterocycles. The van der Waals surface area contributed by atoms with Crippen molar-refractivity contribution in [3.8, 4) is 16.8 Å². The van der Waals surface area contributed by atoms with Gasteiger partial charge in [-0.3, -0.25) is 14.9 Å². The van der Waals surface area contributed by atoms with E-state index in [-0.39, 0.29) is 11.1 Å². The minimum absolute atomic E-state index is 0.323. The third-order valence-corrected chi connectivity index (χ3v) is 5.44. The number of thioether (sulfide) groups is 1. The molecule has 1 N–H and O–H groups in total. The summed E-state index contributed by atoms with van der Waals surface area (Å²) in [5.41, 5.74) is 6.45. The lowest BCUT2D eigenvalue weighted by molar-refractivity contribution is -0.115. The summed E-state index contributed by atoms with van der Waals surface area (Å²) in [4.78, 5) is 23.6. The molecule has 0 spiro atoms. The van der Waals surface area contributed by atoms with Crippen molar-refractivity contribution in [2.75, 3.05) is 0 Å². The summed E-state index contributed by atoms with van der Waals surface area (Å²) in [5.74, 6) is -0.331. The minimum atomic E-state index is -0.331. The molecular formula is C22H18N2O2S. The zero-order valence-corrected chi connectivity index (χ0v) is 15.8. The van der Waals surface area contributed by atoms with Crippen molar-refractivity contribution in [3.63, 3.8) is 0 Å². The van der Waals surface area contributed by atoms with Crippen LogP contribution in [0.1, 0.15) is 17.0 Å². The van der Waals surface area contributed by atoms with Gasteiger partial charge >= 0.3 is 0 Å². The van der Waals surface area contributed by atoms with Crippen molar-refractivity contribution < 1.29 is 9.59 Å². The first-order valence-corrected chi connectivity index (χ1v) is 9.44. The van der Waals surface area contributed by atoms with E-state index in [0.29, 0.717) is 4.91 Å². The maximum absolute atomic E-state index is 11.8. The number of hydrogen-bond donors (Lipinski definition) is 1. The number of hydrogen-bond acceptors (Lipinski definition) is 3. The van der Waals surface area contributed by atoms with Crippen LogP contribution in [0.4, 0.5) is 4.79 Å². The molecule has 4 nitrogen and oxygen atoms in total. The van der Waals surface area contributed by atoms with Crippen LogP contribution in [0.2, 0.25) is 0 Å². The van der Waals surface area contributed by atoms with Gasteiger partial charge < -0.3 is 4.57 Å². The number of benzene rings is 2. The molecule has 2 aromatic carbocycles. The zero-order valence-electron chi connectivity index (χ0n) is 15.0. The van der Waals surface area contributed by atoms with Crippen molar-refractivity contribution in [3.05, 3.63) is 82.5 Å². The van der Waals surface area contributed by atoms with Gasteiger partial charge in [0, 0.05) is 17.1 Å². The Balaban J connectivity index is 1.69. The molecule has 0 atom stereocenters. The number of nitrogens with zero attached hydrogens (tertiary/aromatic N) is 1. The molecule has 0 aliphatic carbocycles. The minimum Gasteiger partial charge on any atom is -0.318 e. The second kappa shape index (κ2) is 6.93. The van der Waals surface area contributed by atoms with E-state index in [0.717, 1.165) is 34.4 Å². The number of aryl methyl sites for hydroxylation is 1. The molecule has 27 heavy (non-hydrogen) atoms. The number of imide groups is 1. The number of amides is 2. The molecule has 0 unspecified atom stereocenters. The van der Waals surface area contributed by atoms with Gasteiger partial charge in [0.1, 0.15) is 0 Å². The van der Waals surface area contributed by atoms with Crippen LogP contribution in [0.15, 0.2) is 65.6 Å². The monoisotopic (exact) mass is 374 g/mol. The average molecular weight is 374 g/mol. The highest BCUT2D eigenvalue weighted by atomic mass is 32.2. The van der Waals surface area contributed by atoms with Gasteiger partial charge in [0.2, 0.25) is 0 Å². The van der Waals surface area contributed by atoms with E-state index in [1.807, 2.05) is 38.1 Å². The number of carbonyl (C=O) groups is 2. The van der Waals surface area contributed by atoms with Gasteiger partial charge in [0.25, 0.3) is 11.1 Å². The lowest BCUT2D eigenvalue weighted by atomic mass is 10.1. The van der Waals surface area contributed by atoms with Crippen LogP contribution in [-0.2, 0) is 4.79 Å². The van der Waals surface area contributed by atoms with E-state index < -0.39 is 0 Å². The van der Waals surface area contributed by atoms with Crippen molar-refractivity contribution in [2.24, 2.45) is 0 Å². The van der Waals surface area contributed by atoms with Crippen LogP contribution in [0.3, 0.4) is 0 Å². The number of aromatic nitrogens is 1. The molecule has 4 rings (SSSR count). The van der Waals surface area contributed by atoms with Gasteiger partial charge in [-0.05, 0) is 66.6 Å². The fourth-order valence-corrected chi connectivity index (χ4v) is 4.00. The summed E-state index contributed by atoms with van der Waals surface area (Å²) in [6, 6.07) is 20.7. The van der Waals surface area contributed by atoms with Crippen LogP contribution >= 0.6 is 11.8 Å². The highest BCUT2D eigenvalue weighted by Crippen LogP contribution is 2.29. The largest absolute Gasteiger partial charge is 0.318 e. The Morgan fingerprint density at radius 2 is 1.59 bits per heavy atom. The topological polar surface area (TPSA) is 51.1 Å². The van der Waals surface area contributed by atoms with Gasteiger partial charge in [-0.2, -0.15) is 0 Å². The Hall–Kier alpha value is -3.05. The first-order chi connectivity index (χ1) is 13.0. The summed E-state index contributed by atoms with van der Waals surface area (Å²) in [7, 11) is 0. The summed E-state index contributed by atoms with van der Waals surface area (Å²) < 4.78 is 2.15. The quantitative estimate of drug-likeness (QED) is 0.650.